The molecule has 6 nitrogen and oxygen atoms in total. The third kappa shape index (κ3) is 16.9. The highest BCUT2D eigenvalue weighted by Crippen LogP contribution is 2.25. The molecule has 1 aromatic carbocycles. The summed E-state index contributed by atoms with van der Waals surface area (Å²) >= 11 is 0. The molecule has 0 atom stereocenters. The largest absolute Gasteiger partial charge is 0.504 e. The molecule has 0 radical (unpaired) electrons. The molecule has 6 heteroatoms. The van der Waals surface area contributed by atoms with E-state index >= 15 is 0 Å². The lowest BCUT2D eigenvalue weighted by Crippen LogP contribution is -2.40. The van der Waals surface area contributed by atoms with E-state index in [1.54, 1.807) is 6.07 Å². The van der Waals surface area contributed by atoms with Gasteiger partial charge in [0.05, 0.1) is 0 Å². The number of unbranched alkanes of at least 4 members (excludes halogenated alkanes) is 15. The Morgan fingerprint density at radius 3 is 1.49 bits per heavy atom. The number of benzene rings is 1. The molecule has 0 unspecified atom stereocenters. The van der Waals surface area contributed by atoms with Crippen molar-refractivity contribution in [1.29, 1.82) is 0 Å². The molecule has 0 aromatic heterocycles. The van der Waals surface area contributed by atoms with E-state index < -0.39 is 11.8 Å². The van der Waals surface area contributed by atoms with Gasteiger partial charge in [-0.25, -0.2) is 0 Å². The molecular formula is C29H50N2O4. The van der Waals surface area contributed by atoms with Crippen LogP contribution in [0.25, 0.3) is 0 Å². The smallest absolute Gasteiger partial charge is 0.309 e. The van der Waals surface area contributed by atoms with Gasteiger partial charge in [0, 0.05) is 13.1 Å². The zero-order valence-electron chi connectivity index (χ0n) is 22.1. The maximum atomic E-state index is 11.9. The summed E-state index contributed by atoms with van der Waals surface area (Å²) in [5.41, 5.74) is 0.863. The molecule has 0 aliphatic rings. The molecule has 0 spiro atoms. The van der Waals surface area contributed by atoms with Crippen molar-refractivity contribution in [1.82, 2.24) is 10.6 Å². The average molecular weight is 491 g/mol. The van der Waals surface area contributed by atoms with Crippen molar-refractivity contribution in [2.45, 2.75) is 122 Å². The molecule has 1 rings (SSSR count). The third-order valence-electron chi connectivity index (χ3n) is 6.49. The van der Waals surface area contributed by atoms with Gasteiger partial charge in [-0.1, -0.05) is 109 Å². The second-order valence-corrected chi connectivity index (χ2v) is 9.74. The van der Waals surface area contributed by atoms with Crippen LogP contribution < -0.4 is 10.6 Å². The average Bonchev–Trinajstić information content (AvgIpc) is 2.85. The number of nitrogens with one attached hydrogen (secondary N) is 2. The van der Waals surface area contributed by atoms with Crippen LogP contribution in [0.3, 0.4) is 0 Å². The summed E-state index contributed by atoms with van der Waals surface area (Å²) in [6, 6.07) is 4.67. The highest BCUT2D eigenvalue weighted by Gasteiger charge is 2.11. The van der Waals surface area contributed by atoms with Gasteiger partial charge in [-0.05, 0) is 37.0 Å². The molecule has 35 heavy (non-hydrogen) atoms. The van der Waals surface area contributed by atoms with Crippen LogP contribution in [0.4, 0.5) is 0 Å². The Kier molecular flexibility index (Phi) is 18.5. The molecule has 2 amide bonds. The van der Waals surface area contributed by atoms with Crippen LogP contribution in [0.5, 0.6) is 11.5 Å². The Hall–Kier alpha value is -2.24. The molecule has 4 N–H and O–H groups in total. The Labute approximate surface area is 213 Å². The van der Waals surface area contributed by atoms with Gasteiger partial charge in [-0.3, -0.25) is 9.59 Å². The van der Waals surface area contributed by atoms with Gasteiger partial charge in [-0.2, -0.15) is 0 Å². The topological polar surface area (TPSA) is 98.7 Å². The zero-order chi connectivity index (χ0) is 25.6. The normalized spacial score (nSPS) is 10.9. The molecule has 0 saturated heterocycles. The van der Waals surface area contributed by atoms with Gasteiger partial charge >= 0.3 is 11.8 Å². The summed E-state index contributed by atoms with van der Waals surface area (Å²) in [6.07, 6.45) is 22.3. The first-order valence-electron chi connectivity index (χ1n) is 14.1. The Morgan fingerprint density at radius 1 is 0.600 bits per heavy atom. The maximum absolute atomic E-state index is 11.9. The number of hydrogen-bond donors (Lipinski definition) is 4. The predicted octanol–water partition coefficient (Wildman–Crippen LogP) is 6.52. The number of amides is 2. The number of rotatable bonds is 21. The van der Waals surface area contributed by atoms with E-state index in [0.29, 0.717) is 25.9 Å². The van der Waals surface area contributed by atoms with E-state index in [1.165, 1.54) is 102 Å². The van der Waals surface area contributed by atoms with Gasteiger partial charge in [0.15, 0.2) is 11.5 Å². The Morgan fingerprint density at radius 2 is 1.03 bits per heavy atom. The number of phenolic OH excluding ortho intramolecular Hbond substituents is 2. The first-order chi connectivity index (χ1) is 17.0. The first kappa shape index (κ1) is 30.8. The molecule has 0 fully saturated rings. The fourth-order valence-corrected chi connectivity index (χ4v) is 4.25. The molecule has 0 aliphatic carbocycles. The minimum atomic E-state index is -0.602. The van der Waals surface area contributed by atoms with Gasteiger partial charge < -0.3 is 20.8 Å². The lowest BCUT2D eigenvalue weighted by atomic mass is 10.0. The van der Waals surface area contributed by atoms with Crippen LogP contribution in [0.1, 0.15) is 122 Å². The van der Waals surface area contributed by atoms with Crippen LogP contribution in [0, 0.1) is 0 Å². The molecule has 0 aliphatic heterocycles. The number of aromatic hydroxyl groups is 2. The zero-order valence-corrected chi connectivity index (χ0v) is 22.1. The fourth-order valence-electron chi connectivity index (χ4n) is 4.25. The fraction of sp³-hybridized carbons (Fsp3) is 0.724. The van der Waals surface area contributed by atoms with Crippen LogP contribution in [0.2, 0.25) is 0 Å². The Balaban J connectivity index is 1.85. The highest BCUT2D eigenvalue weighted by atomic mass is 16.3. The minimum Gasteiger partial charge on any atom is -0.504 e. The maximum Gasteiger partial charge on any atom is 0.309 e. The number of aryl methyl sites for hydroxylation is 1. The summed E-state index contributed by atoms with van der Waals surface area (Å²) in [4.78, 5) is 23.7. The van der Waals surface area contributed by atoms with E-state index in [9.17, 15) is 19.8 Å². The van der Waals surface area contributed by atoms with Crippen LogP contribution in [-0.4, -0.2) is 35.1 Å². The minimum absolute atomic E-state index is 0.150. The van der Waals surface area contributed by atoms with Gasteiger partial charge in [0.1, 0.15) is 0 Å². The van der Waals surface area contributed by atoms with E-state index in [4.69, 9.17) is 0 Å². The van der Waals surface area contributed by atoms with Crippen molar-refractivity contribution < 1.29 is 19.8 Å². The summed E-state index contributed by atoms with van der Waals surface area (Å²) in [5, 5.41) is 24.1. The van der Waals surface area contributed by atoms with Crippen molar-refractivity contribution in [2.75, 3.05) is 13.1 Å². The second-order valence-electron chi connectivity index (χ2n) is 9.74. The van der Waals surface area contributed by atoms with E-state index in [0.717, 1.165) is 18.4 Å². The van der Waals surface area contributed by atoms with E-state index in [-0.39, 0.29) is 11.5 Å². The third-order valence-corrected chi connectivity index (χ3v) is 6.49. The lowest BCUT2D eigenvalue weighted by Gasteiger charge is -2.07. The number of carbonyl (C=O) groups is 2. The van der Waals surface area contributed by atoms with Crippen LogP contribution in [-0.2, 0) is 16.0 Å². The monoisotopic (exact) mass is 490 g/mol. The first-order valence-corrected chi connectivity index (χ1v) is 14.1. The van der Waals surface area contributed by atoms with E-state index in [2.05, 4.69) is 17.6 Å². The standard InChI is InChI=1S/C29H50N2O4/c1-2-3-4-5-6-7-8-9-10-11-12-13-14-15-16-17-22-30-28(34)29(35)31-23-18-19-25-20-21-26(32)27(33)24-25/h20-21,24,32-33H,2-19,22-23H2,1H3,(H,30,34)(H,31,35). The lowest BCUT2D eigenvalue weighted by molar-refractivity contribution is -0.139. The number of hydrogen-bond acceptors (Lipinski definition) is 4. The number of carbonyl (C=O) groups excluding carboxylic acids is 2. The Bertz CT molecular complexity index is 693. The molecule has 0 heterocycles. The van der Waals surface area contributed by atoms with E-state index in [1.807, 2.05) is 0 Å². The van der Waals surface area contributed by atoms with Crippen LogP contribution >= 0.6 is 0 Å². The van der Waals surface area contributed by atoms with Gasteiger partial charge in [0.25, 0.3) is 0 Å². The van der Waals surface area contributed by atoms with Gasteiger partial charge in [-0.15, -0.1) is 0 Å². The molecule has 1 aromatic rings. The summed E-state index contributed by atoms with van der Waals surface area (Å²) in [5.74, 6) is -1.48. The van der Waals surface area contributed by atoms with Crippen molar-refractivity contribution >= 4 is 11.8 Å². The van der Waals surface area contributed by atoms with Crippen molar-refractivity contribution in [2.24, 2.45) is 0 Å². The second kappa shape index (κ2) is 21.1. The molecular weight excluding hydrogens is 440 g/mol. The molecule has 0 saturated carbocycles. The van der Waals surface area contributed by atoms with Gasteiger partial charge in [0.2, 0.25) is 0 Å². The molecule has 0 bridgehead atoms. The summed E-state index contributed by atoms with van der Waals surface area (Å²) < 4.78 is 0. The van der Waals surface area contributed by atoms with Crippen LogP contribution in [0.15, 0.2) is 18.2 Å². The number of phenols is 2. The van der Waals surface area contributed by atoms with Crippen molar-refractivity contribution in [3.05, 3.63) is 23.8 Å². The van der Waals surface area contributed by atoms with Crippen molar-refractivity contribution in [3.63, 3.8) is 0 Å². The SMILES string of the molecule is CCCCCCCCCCCCCCCCCCNC(=O)C(=O)NCCCc1ccc(O)c(O)c1. The highest BCUT2D eigenvalue weighted by molar-refractivity contribution is 6.35. The summed E-state index contributed by atoms with van der Waals surface area (Å²) in [6.45, 7) is 3.19. The summed E-state index contributed by atoms with van der Waals surface area (Å²) in [7, 11) is 0. The van der Waals surface area contributed by atoms with Crippen molar-refractivity contribution in [3.8, 4) is 11.5 Å². The predicted molar refractivity (Wildman–Crippen MR) is 144 cm³/mol. The quantitative estimate of drug-likeness (QED) is 0.0895. The molecule has 200 valence electrons.